The number of nitrogens with one attached hydrogen (secondary N) is 1. The number of fused-ring (bicyclic) bond motifs is 1. The van der Waals surface area contributed by atoms with Crippen molar-refractivity contribution in [3.8, 4) is 0 Å². The van der Waals surface area contributed by atoms with E-state index in [0.717, 1.165) is 0 Å². The van der Waals surface area contributed by atoms with E-state index < -0.39 is 5.97 Å². The van der Waals surface area contributed by atoms with E-state index in [0.29, 0.717) is 29.3 Å². The molecule has 0 unspecified atom stereocenters. The van der Waals surface area contributed by atoms with Gasteiger partial charge in [0.25, 0.3) is 5.91 Å². The Morgan fingerprint density at radius 1 is 1.33 bits per heavy atom. The van der Waals surface area contributed by atoms with Crippen molar-refractivity contribution in [2.75, 3.05) is 18.1 Å². The van der Waals surface area contributed by atoms with E-state index in [-0.39, 0.29) is 12.3 Å². The third-order valence-corrected chi connectivity index (χ3v) is 4.87. The van der Waals surface area contributed by atoms with Crippen molar-refractivity contribution < 1.29 is 14.7 Å². The van der Waals surface area contributed by atoms with Gasteiger partial charge in [0.2, 0.25) is 0 Å². The van der Waals surface area contributed by atoms with Crippen molar-refractivity contribution in [1.29, 1.82) is 0 Å². The topological polar surface area (TPSA) is 96.6 Å². The van der Waals surface area contributed by atoms with Crippen molar-refractivity contribution in [2.24, 2.45) is 0 Å². The number of aliphatic carboxylic acids is 1. The van der Waals surface area contributed by atoms with Crippen LogP contribution < -0.4 is 5.32 Å². The summed E-state index contributed by atoms with van der Waals surface area (Å²) in [7, 11) is 3.03. The van der Waals surface area contributed by atoms with Gasteiger partial charge < -0.3 is 10.4 Å². The van der Waals surface area contributed by atoms with Crippen LogP contribution >= 0.6 is 21.6 Å². The minimum atomic E-state index is -0.794. The van der Waals surface area contributed by atoms with E-state index in [9.17, 15) is 9.59 Å². The maximum atomic E-state index is 11.9. The molecule has 0 aliphatic heterocycles. The SMILES string of the molecule is O=C(O)CCSSCCNC(=O)c1cnc2ccnn2c1. The summed E-state index contributed by atoms with van der Waals surface area (Å²) in [5, 5.41) is 15.3. The Labute approximate surface area is 128 Å². The molecule has 2 aromatic rings. The molecule has 2 heterocycles. The molecule has 0 spiro atoms. The molecule has 0 saturated carbocycles. The molecule has 2 rings (SSSR count). The quantitative estimate of drug-likeness (QED) is 0.558. The van der Waals surface area contributed by atoms with Gasteiger partial charge in [-0.2, -0.15) is 5.10 Å². The molecule has 0 aliphatic carbocycles. The van der Waals surface area contributed by atoms with E-state index in [2.05, 4.69) is 15.4 Å². The van der Waals surface area contributed by atoms with E-state index in [1.807, 2.05) is 0 Å². The highest BCUT2D eigenvalue weighted by Gasteiger charge is 2.07. The molecule has 2 aromatic heterocycles. The molecule has 0 aliphatic rings. The maximum Gasteiger partial charge on any atom is 0.304 e. The molecule has 9 heteroatoms. The van der Waals surface area contributed by atoms with Gasteiger partial charge in [0, 0.05) is 36.5 Å². The van der Waals surface area contributed by atoms with Crippen molar-refractivity contribution in [3.63, 3.8) is 0 Å². The first-order valence-electron chi connectivity index (χ1n) is 6.20. The molecule has 1 amide bonds. The summed E-state index contributed by atoms with van der Waals surface area (Å²) in [6.07, 6.45) is 4.92. The number of hydrogen-bond donors (Lipinski definition) is 2. The summed E-state index contributed by atoms with van der Waals surface area (Å²) in [4.78, 5) is 26.3. The Morgan fingerprint density at radius 2 is 2.14 bits per heavy atom. The monoisotopic (exact) mass is 326 g/mol. The molecule has 0 bridgehead atoms. The van der Waals surface area contributed by atoms with Crippen LogP contribution in [0.1, 0.15) is 16.8 Å². The second kappa shape index (κ2) is 7.89. The summed E-state index contributed by atoms with van der Waals surface area (Å²) in [6.45, 7) is 0.515. The fourth-order valence-electron chi connectivity index (χ4n) is 1.48. The van der Waals surface area contributed by atoms with Crippen molar-refractivity contribution in [3.05, 3.63) is 30.2 Å². The molecule has 21 heavy (non-hydrogen) atoms. The molecule has 112 valence electrons. The van der Waals surface area contributed by atoms with Gasteiger partial charge >= 0.3 is 5.97 Å². The van der Waals surface area contributed by atoms with Gasteiger partial charge in [-0.3, -0.25) is 9.59 Å². The Balaban J connectivity index is 1.68. The minimum Gasteiger partial charge on any atom is -0.481 e. The summed E-state index contributed by atoms with van der Waals surface area (Å²) >= 11 is 0. The highest BCUT2D eigenvalue weighted by Crippen LogP contribution is 2.20. The summed E-state index contributed by atoms with van der Waals surface area (Å²) in [6, 6.07) is 1.76. The van der Waals surface area contributed by atoms with E-state index in [1.54, 1.807) is 33.8 Å². The van der Waals surface area contributed by atoms with E-state index >= 15 is 0 Å². The average molecular weight is 326 g/mol. The van der Waals surface area contributed by atoms with Crippen LogP contribution in [0.4, 0.5) is 0 Å². The zero-order valence-corrected chi connectivity index (χ0v) is 12.7. The van der Waals surface area contributed by atoms with Gasteiger partial charge in [-0.25, -0.2) is 9.50 Å². The largest absolute Gasteiger partial charge is 0.481 e. The third-order valence-electron chi connectivity index (χ3n) is 2.46. The number of amides is 1. The lowest BCUT2D eigenvalue weighted by Crippen LogP contribution is -2.26. The van der Waals surface area contributed by atoms with Crippen LogP contribution in [0, 0.1) is 0 Å². The van der Waals surface area contributed by atoms with Crippen LogP contribution in [-0.2, 0) is 4.79 Å². The third kappa shape index (κ3) is 4.94. The number of aromatic nitrogens is 3. The second-order valence-corrected chi connectivity index (χ2v) is 6.72. The predicted octanol–water partition coefficient (Wildman–Crippen LogP) is 1.32. The lowest BCUT2D eigenvalue weighted by atomic mass is 10.3. The number of carbonyl (C=O) groups excluding carboxylic acids is 1. The number of hydrogen-bond acceptors (Lipinski definition) is 6. The Hall–Kier alpha value is -1.74. The Bertz CT molecular complexity index is 632. The van der Waals surface area contributed by atoms with Crippen LogP contribution in [-0.4, -0.2) is 49.6 Å². The number of carbonyl (C=O) groups is 2. The van der Waals surface area contributed by atoms with Crippen LogP contribution in [0.5, 0.6) is 0 Å². The molecule has 0 aromatic carbocycles. The number of rotatable bonds is 8. The van der Waals surface area contributed by atoms with Crippen molar-refractivity contribution >= 4 is 39.1 Å². The smallest absolute Gasteiger partial charge is 0.304 e. The fraction of sp³-hybridized carbons (Fsp3) is 0.333. The van der Waals surface area contributed by atoms with Gasteiger partial charge in [-0.15, -0.1) is 0 Å². The number of carboxylic acid groups (broad SMARTS) is 1. The number of nitrogens with zero attached hydrogens (tertiary/aromatic N) is 3. The molecule has 0 atom stereocenters. The van der Waals surface area contributed by atoms with Crippen LogP contribution in [0.25, 0.3) is 5.65 Å². The van der Waals surface area contributed by atoms with Crippen molar-refractivity contribution in [1.82, 2.24) is 19.9 Å². The normalized spacial score (nSPS) is 10.7. The van der Waals surface area contributed by atoms with E-state index in [4.69, 9.17) is 5.11 Å². The van der Waals surface area contributed by atoms with E-state index in [1.165, 1.54) is 17.0 Å². The summed E-state index contributed by atoms with van der Waals surface area (Å²) in [5.41, 5.74) is 1.15. The summed E-state index contributed by atoms with van der Waals surface area (Å²) in [5.74, 6) is 0.287. The minimum absolute atomic E-state index is 0.152. The van der Waals surface area contributed by atoms with Crippen molar-refractivity contribution in [2.45, 2.75) is 6.42 Å². The first kappa shape index (κ1) is 15.6. The molecule has 7 nitrogen and oxygen atoms in total. The lowest BCUT2D eigenvalue weighted by molar-refractivity contribution is -0.136. The first-order valence-corrected chi connectivity index (χ1v) is 8.69. The van der Waals surface area contributed by atoms with Gasteiger partial charge in [-0.1, -0.05) is 21.6 Å². The summed E-state index contributed by atoms with van der Waals surface area (Å²) < 4.78 is 1.55. The first-order chi connectivity index (χ1) is 10.2. The zero-order chi connectivity index (χ0) is 15.1. The van der Waals surface area contributed by atoms with Gasteiger partial charge in [0.15, 0.2) is 5.65 Å². The molecular weight excluding hydrogens is 312 g/mol. The van der Waals surface area contributed by atoms with Crippen LogP contribution in [0.15, 0.2) is 24.7 Å². The van der Waals surface area contributed by atoms with Crippen LogP contribution in [0.2, 0.25) is 0 Å². The molecule has 0 saturated heterocycles. The predicted molar refractivity (Wildman–Crippen MR) is 82.5 cm³/mol. The Kier molecular flexibility index (Phi) is 5.88. The average Bonchev–Trinajstić information content (AvgIpc) is 2.93. The molecular formula is C12H14N4O3S2. The molecule has 2 N–H and O–H groups in total. The fourth-order valence-corrected chi connectivity index (χ4v) is 3.37. The maximum absolute atomic E-state index is 11.9. The zero-order valence-electron chi connectivity index (χ0n) is 11.1. The van der Waals surface area contributed by atoms with Gasteiger partial charge in [0.05, 0.1) is 18.2 Å². The second-order valence-electron chi connectivity index (χ2n) is 4.02. The number of carboxylic acids is 1. The molecule has 0 radical (unpaired) electrons. The Morgan fingerprint density at radius 3 is 2.95 bits per heavy atom. The van der Waals surface area contributed by atoms with Gasteiger partial charge in [0.1, 0.15) is 0 Å². The highest BCUT2D eigenvalue weighted by atomic mass is 33.1. The highest BCUT2D eigenvalue weighted by molar-refractivity contribution is 8.76. The van der Waals surface area contributed by atoms with Crippen LogP contribution in [0.3, 0.4) is 0 Å². The molecule has 0 fully saturated rings. The van der Waals surface area contributed by atoms with Gasteiger partial charge in [-0.05, 0) is 0 Å². The standard InChI is InChI=1S/C12H14N4O3S2/c17-11(18)2-5-20-21-6-4-13-12(19)9-7-14-10-1-3-15-16(10)8-9/h1,3,7-8H,2,4-6H2,(H,13,19)(H,17,18). The lowest BCUT2D eigenvalue weighted by Gasteiger charge is -2.04.